The molecular weight excluding hydrogens is 224 g/mol. The minimum atomic E-state index is -0.207. The number of aryl methyl sites for hydroxylation is 1. The molecule has 0 fully saturated rings. The third-order valence-corrected chi connectivity index (χ3v) is 2.60. The van der Waals surface area contributed by atoms with E-state index >= 15 is 0 Å². The minimum Gasteiger partial charge on any atom is -0.315 e. The Morgan fingerprint density at radius 1 is 1.22 bits per heavy atom. The molecule has 2 amide bonds. The lowest BCUT2D eigenvalue weighted by molar-refractivity contribution is 0.255. The zero-order chi connectivity index (χ0) is 13.2. The van der Waals surface area contributed by atoms with Crippen LogP contribution in [0.15, 0.2) is 36.5 Å². The Kier molecular flexibility index (Phi) is 6.62. The van der Waals surface area contributed by atoms with Gasteiger partial charge in [0.1, 0.15) is 0 Å². The standard InChI is InChI=1S/C15H22N2O/c1-3-5-7-13-8-10-14(11-9-13)17-15(18)16-12-6-4-2/h6,8-12H,3-5,7H2,1-2H3,(H2,16,17,18)/b12-6+. The Bertz CT molecular complexity index is 382. The zero-order valence-electron chi connectivity index (χ0n) is 11.2. The van der Waals surface area contributed by atoms with E-state index in [0.717, 1.165) is 18.5 Å². The van der Waals surface area contributed by atoms with E-state index in [2.05, 4.69) is 29.7 Å². The average molecular weight is 246 g/mol. The molecule has 2 N–H and O–H groups in total. The predicted octanol–water partition coefficient (Wildman–Crippen LogP) is 4.07. The SMILES string of the molecule is CC/C=C/NC(=O)Nc1ccc(CCCC)cc1. The van der Waals surface area contributed by atoms with Crippen molar-refractivity contribution in [1.29, 1.82) is 0 Å². The van der Waals surface area contributed by atoms with Crippen LogP contribution in [0.3, 0.4) is 0 Å². The summed E-state index contributed by atoms with van der Waals surface area (Å²) in [6.45, 7) is 4.20. The summed E-state index contributed by atoms with van der Waals surface area (Å²) in [6, 6.07) is 7.80. The molecule has 98 valence electrons. The van der Waals surface area contributed by atoms with E-state index < -0.39 is 0 Å². The summed E-state index contributed by atoms with van der Waals surface area (Å²) in [5.74, 6) is 0. The fraction of sp³-hybridized carbons (Fsp3) is 0.400. The van der Waals surface area contributed by atoms with Gasteiger partial charge in [0.05, 0.1) is 0 Å². The van der Waals surface area contributed by atoms with E-state index in [9.17, 15) is 4.79 Å². The van der Waals surface area contributed by atoms with Crippen LogP contribution in [-0.4, -0.2) is 6.03 Å². The number of hydrogen-bond donors (Lipinski definition) is 2. The topological polar surface area (TPSA) is 41.1 Å². The zero-order valence-corrected chi connectivity index (χ0v) is 11.2. The molecule has 0 heterocycles. The number of benzene rings is 1. The molecule has 0 aliphatic rings. The van der Waals surface area contributed by atoms with Gasteiger partial charge in [0, 0.05) is 11.9 Å². The Morgan fingerprint density at radius 2 is 1.94 bits per heavy atom. The third-order valence-electron chi connectivity index (χ3n) is 2.60. The van der Waals surface area contributed by atoms with E-state index in [4.69, 9.17) is 0 Å². The van der Waals surface area contributed by atoms with Crippen LogP contribution in [0.4, 0.5) is 10.5 Å². The molecule has 1 aromatic carbocycles. The highest BCUT2D eigenvalue weighted by Crippen LogP contribution is 2.11. The van der Waals surface area contributed by atoms with Gasteiger partial charge in [-0.05, 0) is 37.0 Å². The monoisotopic (exact) mass is 246 g/mol. The van der Waals surface area contributed by atoms with Crippen molar-refractivity contribution in [3.63, 3.8) is 0 Å². The van der Waals surface area contributed by atoms with Gasteiger partial charge in [0.25, 0.3) is 0 Å². The molecule has 3 heteroatoms. The quantitative estimate of drug-likeness (QED) is 0.780. The number of amides is 2. The average Bonchev–Trinajstić information content (AvgIpc) is 2.38. The summed E-state index contributed by atoms with van der Waals surface area (Å²) in [7, 11) is 0. The number of carbonyl (C=O) groups excluding carboxylic acids is 1. The van der Waals surface area contributed by atoms with Gasteiger partial charge in [-0.3, -0.25) is 0 Å². The molecule has 3 nitrogen and oxygen atoms in total. The van der Waals surface area contributed by atoms with Gasteiger partial charge < -0.3 is 10.6 Å². The van der Waals surface area contributed by atoms with Crippen LogP contribution in [0.1, 0.15) is 38.7 Å². The lowest BCUT2D eigenvalue weighted by Crippen LogP contribution is -2.23. The molecule has 0 bridgehead atoms. The van der Waals surface area contributed by atoms with Crippen molar-refractivity contribution in [1.82, 2.24) is 5.32 Å². The Balaban J connectivity index is 2.42. The van der Waals surface area contributed by atoms with Crippen molar-refractivity contribution in [2.75, 3.05) is 5.32 Å². The first-order valence-corrected chi connectivity index (χ1v) is 6.57. The van der Waals surface area contributed by atoms with Crippen molar-refractivity contribution in [2.45, 2.75) is 39.5 Å². The number of hydrogen-bond acceptors (Lipinski definition) is 1. The minimum absolute atomic E-state index is 0.207. The Labute approximate surface area is 109 Å². The summed E-state index contributed by atoms with van der Waals surface area (Å²) in [5.41, 5.74) is 2.13. The predicted molar refractivity (Wildman–Crippen MR) is 76.6 cm³/mol. The molecule has 0 spiro atoms. The molecular formula is C15H22N2O. The maximum Gasteiger partial charge on any atom is 0.323 e. The van der Waals surface area contributed by atoms with Crippen LogP contribution in [0.5, 0.6) is 0 Å². The molecule has 0 atom stereocenters. The first-order valence-electron chi connectivity index (χ1n) is 6.57. The largest absolute Gasteiger partial charge is 0.323 e. The summed E-state index contributed by atoms with van der Waals surface area (Å²) in [5, 5.41) is 5.43. The van der Waals surface area contributed by atoms with E-state index in [1.165, 1.54) is 18.4 Å². The van der Waals surface area contributed by atoms with Gasteiger partial charge in [-0.15, -0.1) is 0 Å². The van der Waals surface area contributed by atoms with Crippen molar-refractivity contribution in [3.05, 3.63) is 42.1 Å². The van der Waals surface area contributed by atoms with E-state index in [-0.39, 0.29) is 6.03 Å². The van der Waals surface area contributed by atoms with Crippen molar-refractivity contribution in [2.24, 2.45) is 0 Å². The number of unbranched alkanes of at least 4 members (excludes halogenated alkanes) is 1. The lowest BCUT2D eigenvalue weighted by Gasteiger charge is -2.06. The molecule has 18 heavy (non-hydrogen) atoms. The fourth-order valence-electron chi connectivity index (χ4n) is 1.56. The number of urea groups is 1. The number of rotatable bonds is 6. The molecule has 0 radical (unpaired) electrons. The summed E-state index contributed by atoms with van der Waals surface area (Å²) >= 11 is 0. The number of carbonyl (C=O) groups is 1. The normalized spacial score (nSPS) is 10.6. The summed E-state index contributed by atoms with van der Waals surface area (Å²) in [4.78, 5) is 11.5. The second kappa shape index (κ2) is 8.34. The highest BCUT2D eigenvalue weighted by molar-refractivity contribution is 5.89. The van der Waals surface area contributed by atoms with Crippen LogP contribution in [-0.2, 0) is 6.42 Å². The van der Waals surface area contributed by atoms with Gasteiger partial charge in [0.2, 0.25) is 0 Å². The highest BCUT2D eigenvalue weighted by atomic mass is 16.2. The Hall–Kier alpha value is -1.77. The van der Waals surface area contributed by atoms with Crippen LogP contribution in [0.25, 0.3) is 0 Å². The van der Waals surface area contributed by atoms with Crippen LogP contribution in [0.2, 0.25) is 0 Å². The van der Waals surface area contributed by atoms with Crippen molar-refractivity contribution in [3.8, 4) is 0 Å². The van der Waals surface area contributed by atoms with Gasteiger partial charge in [0.15, 0.2) is 0 Å². The first-order chi connectivity index (χ1) is 8.76. The van der Waals surface area contributed by atoms with Crippen molar-refractivity contribution < 1.29 is 4.79 Å². The van der Waals surface area contributed by atoms with Gasteiger partial charge >= 0.3 is 6.03 Å². The smallest absolute Gasteiger partial charge is 0.315 e. The van der Waals surface area contributed by atoms with Crippen LogP contribution < -0.4 is 10.6 Å². The molecule has 0 aliphatic carbocycles. The molecule has 0 unspecified atom stereocenters. The van der Waals surface area contributed by atoms with Gasteiger partial charge in [-0.1, -0.05) is 38.5 Å². The lowest BCUT2D eigenvalue weighted by atomic mass is 10.1. The number of nitrogens with one attached hydrogen (secondary N) is 2. The maximum atomic E-state index is 11.5. The van der Waals surface area contributed by atoms with Crippen molar-refractivity contribution >= 4 is 11.7 Å². The third kappa shape index (κ3) is 5.53. The second-order valence-corrected chi connectivity index (χ2v) is 4.21. The molecule has 1 aromatic rings. The number of anilines is 1. The summed E-state index contributed by atoms with van der Waals surface area (Å²) in [6.07, 6.45) is 7.97. The van der Waals surface area contributed by atoms with Gasteiger partial charge in [-0.2, -0.15) is 0 Å². The molecule has 1 rings (SSSR count). The maximum absolute atomic E-state index is 11.5. The molecule has 0 saturated carbocycles. The van der Waals surface area contributed by atoms with E-state index in [0.29, 0.717) is 0 Å². The van der Waals surface area contributed by atoms with E-state index in [1.54, 1.807) is 6.20 Å². The molecule has 0 aromatic heterocycles. The first kappa shape index (κ1) is 14.3. The fourth-order valence-corrected chi connectivity index (χ4v) is 1.56. The highest BCUT2D eigenvalue weighted by Gasteiger charge is 1.99. The number of allylic oxidation sites excluding steroid dienone is 1. The summed E-state index contributed by atoms with van der Waals surface area (Å²) < 4.78 is 0. The van der Waals surface area contributed by atoms with Crippen LogP contribution >= 0.6 is 0 Å². The van der Waals surface area contributed by atoms with E-state index in [1.807, 2.05) is 25.1 Å². The van der Waals surface area contributed by atoms with Gasteiger partial charge in [-0.25, -0.2) is 4.79 Å². The van der Waals surface area contributed by atoms with Crippen LogP contribution in [0, 0.1) is 0 Å². The molecule has 0 aliphatic heterocycles. The second-order valence-electron chi connectivity index (χ2n) is 4.21. The molecule has 0 saturated heterocycles. The Morgan fingerprint density at radius 3 is 2.56 bits per heavy atom.